The van der Waals surface area contributed by atoms with Crippen molar-refractivity contribution in [2.24, 2.45) is 0 Å². The van der Waals surface area contributed by atoms with Crippen LogP contribution in [0.1, 0.15) is 11.1 Å². The molecule has 0 atom stereocenters. The first kappa shape index (κ1) is 15.1. The Balaban J connectivity index is 3.11. The number of nitro benzene ring substituents is 1. The van der Waals surface area contributed by atoms with Gasteiger partial charge in [0.1, 0.15) is 18.2 Å². The van der Waals surface area contributed by atoms with Gasteiger partial charge in [0, 0.05) is 11.6 Å². The van der Waals surface area contributed by atoms with Crippen LogP contribution >= 0.6 is 0 Å². The number of ether oxygens (including phenoxy) is 1. The SMILES string of the molecule is C=CCOC(=O)/C(C#N)=C/c1ccc(C)c([N+](=O)[O-])c1. The molecule has 102 valence electrons. The number of esters is 1. The first-order valence-electron chi connectivity index (χ1n) is 5.64. The third kappa shape index (κ3) is 3.78. The van der Waals surface area contributed by atoms with Crippen LogP contribution in [0.2, 0.25) is 0 Å². The van der Waals surface area contributed by atoms with Crippen LogP contribution in [0.15, 0.2) is 36.4 Å². The summed E-state index contributed by atoms with van der Waals surface area (Å²) in [7, 11) is 0. The molecule has 0 spiro atoms. The number of carbonyl (C=O) groups excluding carboxylic acids is 1. The van der Waals surface area contributed by atoms with Crippen molar-refractivity contribution < 1.29 is 14.5 Å². The molecule has 1 aromatic rings. The number of rotatable bonds is 5. The van der Waals surface area contributed by atoms with Crippen molar-refractivity contribution in [1.29, 1.82) is 5.26 Å². The molecule has 0 radical (unpaired) electrons. The standard InChI is InChI=1S/C14H12N2O4/c1-3-6-20-14(17)12(9-15)7-11-5-4-10(2)13(8-11)16(18)19/h3-5,7-8H,1,6H2,2H3/b12-7+. The van der Waals surface area contributed by atoms with E-state index in [1.54, 1.807) is 25.1 Å². The van der Waals surface area contributed by atoms with Gasteiger partial charge in [0.2, 0.25) is 0 Å². The van der Waals surface area contributed by atoms with Crippen LogP contribution in [0.5, 0.6) is 0 Å². The molecule has 0 aliphatic rings. The monoisotopic (exact) mass is 272 g/mol. The average Bonchev–Trinajstić information content (AvgIpc) is 2.43. The lowest BCUT2D eigenvalue weighted by Gasteiger charge is -2.01. The normalized spacial score (nSPS) is 10.5. The van der Waals surface area contributed by atoms with E-state index < -0.39 is 10.9 Å². The van der Waals surface area contributed by atoms with E-state index in [0.29, 0.717) is 11.1 Å². The van der Waals surface area contributed by atoms with Crippen LogP contribution in [-0.4, -0.2) is 17.5 Å². The van der Waals surface area contributed by atoms with Crippen molar-refractivity contribution in [1.82, 2.24) is 0 Å². The van der Waals surface area contributed by atoms with Gasteiger partial charge in [-0.15, -0.1) is 0 Å². The molecule has 0 aliphatic heterocycles. The molecule has 20 heavy (non-hydrogen) atoms. The van der Waals surface area contributed by atoms with Crippen LogP contribution in [0.25, 0.3) is 6.08 Å². The molecule has 0 bridgehead atoms. The van der Waals surface area contributed by atoms with E-state index in [-0.39, 0.29) is 17.9 Å². The number of nitriles is 1. The fourth-order valence-electron chi connectivity index (χ4n) is 1.43. The van der Waals surface area contributed by atoms with E-state index in [1.807, 2.05) is 0 Å². The van der Waals surface area contributed by atoms with Gasteiger partial charge in [-0.1, -0.05) is 24.8 Å². The van der Waals surface area contributed by atoms with E-state index in [9.17, 15) is 14.9 Å². The summed E-state index contributed by atoms with van der Waals surface area (Å²) >= 11 is 0. The summed E-state index contributed by atoms with van der Waals surface area (Å²) in [6, 6.07) is 6.14. The van der Waals surface area contributed by atoms with Gasteiger partial charge in [-0.05, 0) is 18.6 Å². The molecule has 0 amide bonds. The highest BCUT2D eigenvalue weighted by atomic mass is 16.6. The molecule has 0 aromatic heterocycles. The molecule has 6 heteroatoms. The van der Waals surface area contributed by atoms with Crippen molar-refractivity contribution in [3.05, 3.63) is 57.7 Å². The average molecular weight is 272 g/mol. The molecule has 0 aliphatic carbocycles. The Bertz CT molecular complexity index is 627. The zero-order valence-corrected chi connectivity index (χ0v) is 10.8. The van der Waals surface area contributed by atoms with Gasteiger partial charge in [0.25, 0.3) is 5.69 Å². The molecule has 0 saturated carbocycles. The third-order valence-corrected chi connectivity index (χ3v) is 2.41. The first-order chi connectivity index (χ1) is 9.49. The van der Waals surface area contributed by atoms with Crippen LogP contribution in [0.3, 0.4) is 0 Å². The van der Waals surface area contributed by atoms with Crippen LogP contribution in [0.4, 0.5) is 5.69 Å². The van der Waals surface area contributed by atoms with Crippen molar-refractivity contribution in [2.45, 2.75) is 6.92 Å². The number of nitro groups is 1. The molecular formula is C14H12N2O4. The van der Waals surface area contributed by atoms with Crippen molar-refractivity contribution in [3.8, 4) is 6.07 Å². The van der Waals surface area contributed by atoms with Gasteiger partial charge < -0.3 is 4.74 Å². The second-order valence-electron chi connectivity index (χ2n) is 3.86. The number of hydrogen-bond acceptors (Lipinski definition) is 5. The minimum absolute atomic E-state index is 0.00804. The molecule has 1 aromatic carbocycles. The van der Waals surface area contributed by atoms with E-state index in [4.69, 9.17) is 10.00 Å². The lowest BCUT2D eigenvalue weighted by molar-refractivity contribution is -0.385. The fraction of sp³-hybridized carbons (Fsp3) is 0.143. The fourth-order valence-corrected chi connectivity index (χ4v) is 1.43. The second-order valence-corrected chi connectivity index (χ2v) is 3.86. The first-order valence-corrected chi connectivity index (χ1v) is 5.64. The molecule has 1 rings (SSSR count). The maximum absolute atomic E-state index is 11.5. The largest absolute Gasteiger partial charge is 0.457 e. The number of carbonyl (C=O) groups is 1. The topological polar surface area (TPSA) is 93.2 Å². The lowest BCUT2D eigenvalue weighted by Crippen LogP contribution is -2.06. The van der Waals surface area contributed by atoms with Gasteiger partial charge in [-0.2, -0.15) is 5.26 Å². The summed E-state index contributed by atoms with van der Waals surface area (Å²) in [6.07, 6.45) is 2.63. The highest BCUT2D eigenvalue weighted by Gasteiger charge is 2.13. The molecule has 0 heterocycles. The maximum atomic E-state index is 11.5. The summed E-state index contributed by atoms with van der Waals surface area (Å²) in [5.74, 6) is -0.796. The Kier molecular flexibility index (Phi) is 5.18. The maximum Gasteiger partial charge on any atom is 0.349 e. The van der Waals surface area contributed by atoms with Gasteiger partial charge >= 0.3 is 5.97 Å². The van der Waals surface area contributed by atoms with Crippen LogP contribution < -0.4 is 0 Å². The molecular weight excluding hydrogens is 260 g/mol. The molecule has 0 unspecified atom stereocenters. The van der Waals surface area contributed by atoms with Crippen LogP contribution in [-0.2, 0) is 9.53 Å². The van der Waals surface area contributed by atoms with Gasteiger partial charge in [-0.25, -0.2) is 4.79 Å². The van der Waals surface area contributed by atoms with Crippen molar-refractivity contribution in [2.75, 3.05) is 6.61 Å². The van der Waals surface area contributed by atoms with Gasteiger partial charge in [0.05, 0.1) is 4.92 Å². The smallest absolute Gasteiger partial charge is 0.349 e. The zero-order valence-electron chi connectivity index (χ0n) is 10.8. The molecule has 6 nitrogen and oxygen atoms in total. The zero-order chi connectivity index (χ0) is 15.1. The van der Waals surface area contributed by atoms with Gasteiger partial charge in [0.15, 0.2) is 0 Å². The van der Waals surface area contributed by atoms with Gasteiger partial charge in [-0.3, -0.25) is 10.1 Å². The number of benzene rings is 1. The Hall–Kier alpha value is -2.94. The summed E-state index contributed by atoms with van der Waals surface area (Å²) < 4.78 is 4.74. The quantitative estimate of drug-likeness (QED) is 0.205. The summed E-state index contributed by atoms with van der Waals surface area (Å²) in [4.78, 5) is 21.8. The molecule has 0 saturated heterocycles. The Morgan fingerprint density at radius 2 is 2.30 bits per heavy atom. The lowest BCUT2D eigenvalue weighted by atomic mass is 10.1. The predicted molar refractivity (Wildman–Crippen MR) is 72.6 cm³/mol. The molecule has 0 fully saturated rings. The summed E-state index contributed by atoms with van der Waals surface area (Å²) in [5.41, 5.74) is 0.579. The number of nitrogens with zero attached hydrogens (tertiary/aromatic N) is 2. The van der Waals surface area contributed by atoms with E-state index in [0.717, 1.165) is 0 Å². The highest BCUT2D eigenvalue weighted by Crippen LogP contribution is 2.21. The van der Waals surface area contributed by atoms with E-state index in [2.05, 4.69) is 6.58 Å². The van der Waals surface area contributed by atoms with Crippen LogP contribution in [0, 0.1) is 28.4 Å². The highest BCUT2D eigenvalue weighted by molar-refractivity contribution is 5.98. The predicted octanol–water partition coefficient (Wildman–Crippen LogP) is 2.54. The minimum atomic E-state index is -0.796. The number of aryl methyl sites for hydroxylation is 1. The van der Waals surface area contributed by atoms with Crippen molar-refractivity contribution in [3.63, 3.8) is 0 Å². The molecule has 0 N–H and O–H groups in total. The Labute approximate surface area is 115 Å². The van der Waals surface area contributed by atoms with Crippen molar-refractivity contribution >= 4 is 17.7 Å². The summed E-state index contributed by atoms with van der Waals surface area (Å²) in [6.45, 7) is 4.99. The Morgan fingerprint density at radius 1 is 1.60 bits per heavy atom. The second kappa shape index (κ2) is 6.85. The number of hydrogen-bond donors (Lipinski definition) is 0. The van der Waals surface area contributed by atoms with E-state index >= 15 is 0 Å². The minimum Gasteiger partial charge on any atom is -0.457 e. The summed E-state index contributed by atoms with van der Waals surface area (Å²) in [5, 5.41) is 19.7. The Morgan fingerprint density at radius 3 is 2.85 bits per heavy atom. The third-order valence-electron chi connectivity index (χ3n) is 2.41. The van der Waals surface area contributed by atoms with E-state index in [1.165, 1.54) is 18.2 Å².